The molecule has 0 spiro atoms. The van der Waals surface area contributed by atoms with Crippen LogP contribution in [-0.2, 0) is 0 Å². The van der Waals surface area contributed by atoms with Crippen LogP contribution in [0.1, 0.15) is 33.6 Å². The van der Waals surface area contributed by atoms with E-state index in [2.05, 4.69) is 37.8 Å². The molecule has 2 heteroatoms. The highest BCUT2D eigenvalue weighted by Crippen LogP contribution is 2.07. The fourth-order valence-corrected chi connectivity index (χ4v) is 2.00. The summed E-state index contributed by atoms with van der Waals surface area (Å²) >= 11 is 2.07. The molecule has 0 rings (SSSR count). The summed E-state index contributed by atoms with van der Waals surface area (Å²) in [4.78, 5) is 0. The van der Waals surface area contributed by atoms with Gasteiger partial charge in [0, 0.05) is 12.3 Å². The molecule has 0 amide bonds. The van der Waals surface area contributed by atoms with Crippen LogP contribution in [0.25, 0.3) is 0 Å². The van der Waals surface area contributed by atoms with Crippen LogP contribution in [-0.4, -0.2) is 24.6 Å². The third-order valence-corrected chi connectivity index (χ3v) is 2.71. The Balaban J connectivity index is 2.82. The van der Waals surface area contributed by atoms with Gasteiger partial charge in [-0.3, -0.25) is 0 Å². The molecule has 74 valence electrons. The van der Waals surface area contributed by atoms with E-state index in [4.69, 9.17) is 0 Å². The van der Waals surface area contributed by atoms with Crippen molar-refractivity contribution in [1.29, 1.82) is 0 Å². The van der Waals surface area contributed by atoms with Crippen molar-refractivity contribution in [3.05, 3.63) is 0 Å². The van der Waals surface area contributed by atoms with E-state index >= 15 is 0 Å². The molecule has 0 radical (unpaired) electrons. The topological polar surface area (TPSA) is 12.0 Å². The van der Waals surface area contributed by atoms with Crippen LogP contribution in [0.4, 0.5) is 0 Å². The van der Waals surface area contributed by atoms with Gasteiger partial charge in [0.25, 0.3) is 0 Å². The van der Waals surface area contributed by atoms with Gasteiger partial charge in [0.15, 0.2) is 0 Å². The van der Waals surface area contributed by atoms with Gasteiger partial charge in [-0.2, -0.15) is 11.8 Å². The summed E-state index contributed by atoms with van der Waals surface area (Å²) in [5, 5.41) is 3.40. The molecule has 0 aliphatic rings. The minimum absolute atomic E-state index is 0.862. The first-order chi connectivity index (χ1) is 5.77. The molecule has 0 aromatic heterocycles. The average Bonchev–Trinajstić information content (AvgIpc) is 2.02. The zero-order chi connectivity index (χ0) is 9.23. The molecule has 0 bridgehead atoms. The van der Waals surface area contributed by atoms with E-state index in [0.717, 1.165) is 5.92 Å². The monoisotopic (exact) mass is 189 g/mol. The van der Waals surface area contributed by atoms with Crippen molar-refractivity contribution in [3.8, 4) is 0 Å². The molecular weight excluding hydrogens is 166 g/mol. The second-order valence-corrected chi connectivity index (χ2v) is 4.77. The predicted molar refractivity (Wildman–Crippen MR) is 59.9 cm³/mol. The molecule has 0 aliphatic heterocycles. The van der Waals surface area contributed by atoms with Crippen LogP contribution in [0, 0.1) is 5.92 Å². The Kier molecular flexibility index (Phi) is 9.64. The molecule has 1 N–H and O–H groups in total. The van der Waals surface area contributed by atoms with E-state index in [1.165, 1.54) is 37.4 Å². The fourth-order valence-electron chi connectivity index (χ4n) is 0.867. The van der Waals surface area contributed by atoms with E-state index < -0.39 is 0 Å². The van der Waals surface area contributed by atoms with E-state index in [-0.39, 0.29) is 0 Å². The summed E-state index contributed by atoms with van der Waals surface area (Å²) in [6, 6.07) is 0. The summed E-state index contributed by atoms with van der Waals surface area (Å²) < 4.78 is 0. The van der Waals surface area contributed by atoms with Crippen LogP contribution in [0.15, 0.2) is 0 Å². The third kappa shape index (κ3) is 10.3. The van der Waals surface area contributed by atoms with Crippen molar-refractivity contribution < 1.29 is 0 Å². The van der Waals surface area contributed by atoms with Crippen LogP contribution >= 0.6 is 11.8 Å². The quantitative estimate of drug-likeness (QED) is 0.589. The highest BCUT2D eigenvalue weighted by molar-refractivity contribution is 7.99. The fraction of sp³-hybridized carbons (Fsp3) is 1.00. The van der Waals surface area contributed by atoms with Gasteiger partial charge in [0.1, 0.15) is 0 Å². The zero-order valence-electron chi connectivity index (χ0n) is 8.73. The van der Waals surface area contributed by atoms with Crippen molar-refractivity contribution in [1.82, 2.24) is 5.32 Å². The number of hydrogen-bond donors (Lipinski definition) is 1. The van der Waals surface area contributed by atoms with E-state index in [1.54, 1.807) is 0 Å². The molecule has 0 saturated heterocycles. The lowest BCUT2D eigenvalue weighted by Crippen LogP contribution is -2.17. The number of hydrogen-bond acceptors (Lipinski definition) is 2. The normalized spacial score (nSPS) is 11.0. The lowest BCUT2D eigenvalue weighted by atomic mass is 10.2. The Bertz CT molecular complexity index is 83.9. The van der Waals surface area contributed by atoms with Crippen LogP contribution < -0.4 is 5.32 Å². The van der Waals surface area contributed by atoms with Crippen LogP contribution in [0.5, 0.6) is 0 Å². The molecule has 0 aromatic rings. The molecule has 0 unspecified atom stereocenters. The van der Waals surface area contributed by atoms with Gasteiger partial charge in [-0.15, -0.1) is 0 Å². The Morgan fingerprint density at radius 1 is 1.17 bits per heavy atom. The number of rotatable bonds is 8. The summed E-state index contributed by atoms with van der Waals surface area (Å²) in [5.41, 5.74) is 0. The lowest BCUT2D eigenvalue weighted by molar-refractivity contribution is 0.631. The zero-order valence-corrected chi connectivity index (χ0v) is 9.54. The molecule has 12 heavy (non-hydrogen) atoms. The lowest BCUT2D eigenvalue weighted by Gasteiger charge is -2.04. The molecule has 0 aliphatic carbocycles. The first-order valence-corrected chi connectivity index (χ1v) is 6.21. The second kappa shape index (κ2) is 9.40. The number of nitrogens with one attached hydrogen (secondary N) is 1. The Morgan fingerprint density at radius 2 is 1.92 bits per heavy atom. The SMILES string of the molecule is CCCNCCSCCC(C)C. The van der Waals surface area contributed by atoms with Crippen LogP contribution in [0.3, 0.4) is 0 Å². The third-order valence-electron chi connectivity index (χ3n) is 1.69. The highest BCUT2D eigenvalue weighted by Gasteiger charge is 1.93. The Hall–Kier alpha value is 0.310. The highest BCUT2D eigenvalue weighted by atomic mass is 32.2. The summed E-state index contributed by atoms with van der Waals surface area (Å²) in [6.07, 6.45) is 2.61. The smallest absolute Gasteiger partial charge is 0.00581 e. The maximum atomic E-state index is 3.40. The van der Waals surface area contributed by atoms with Crippen molar-refractivity contribution >= 4 is 11.8 Å². The summed E-state index contributed by atoms with van der Waals surface area (Å²) in [5.74, 6) is 3.46. The molecule has 0 fully saturated rings. The summed E-state index contributed by atoms with van der Waals surface area (Å²) in [6.45, 7) is 9.13. The second-order valence-electron chi connectivity index (χ2n) is 3.54. The van der Waals surface area contributed by atoms with Crippen molar-refractivity contribution in [3.63, 3.8) is 0 Å². The van der Waals surface area contributed by atoms with Crippen molar-refractivity contribution in [2.24, 2.45) is 5.92 Å². The first kappa shape index (κ1) is 12.3. The maximum absolute atomic E-state index is 3.40. The van der Waals surface area contributed by atoms with Gasteiger partial charge in [0.05, 0.1) is 0 Å². The minimum Gasteiger partial charge on any atom is -0.316 e. The van der Waals surface area contributed by atoms with Gasteiger partial charge in [-0.1, -0.05) is 20.8 Å². The van der Waals surface area contributed by atoms with E-state index in [0.29, 0.717) is 0 Å². The maximum Gasteiger partial charge on any atom is 0.00581 e. The molecule has 0 heterocycles. The van der Waals surface area contributed by atoms with E-state index in [1.807, 2.05) is 0 Å². The molecular formula is C10H23NS. The predicted octanol–water partition coefficient (Wildman–Crippen LogP) is 2.77. The molecule has 0 saturated carbocycles. The average molecular weight is 189 g/mol. The van der Waals surface area contributed by atoms with E-state index in [9.17, 15) is 0 Å². The standard InChI is InChI=1S/C10H23NS/c1-4-6-11-7-9-12-8-5-10(2)3/h10-11H,4-9H2,1-3H3. The summed E-state index contributed by atoms with van der Waals surface area (Å²) in [7, 11) is 0. The minimum atomic E-state index is 0.862. The van der Waals surface area contributed by atoms with Gasteiger partial charge >= 0.3 is 0 Å². The molecule has 1 nitrogen and oxygen atoms in total. The Morgan fingerprint density at radius 3 is 2.50 bits per heavy atom. The van der Waals surface area contributed by atoms with Crippen molar-refractivity contribution in [2.45, 2.75) is 33.6 Å². The number of thioether (sulfide) groups is 1. The largest absolute Gasteiger partial charge is 0.316 e. The van der Waals surface area contributed by atoms with Crippen molar-refractivity contribution in [2.75, 3.05) is 24.6 Å². The Labute approximate surface area is 81.7 Å². The first-order valence-electron chi connectivity index (χ1n) is 5.05. The molecule has 0 aromatic carbocycles. The van der Waals surface area contributed by atoms with Crippen LogP contribution in [0.2, 0.25) is 0 Å². The van der Waals surface area contributed by atoms with Gasteiger partial charge in [0.2, 0.25) is 0 Å². The van der Waals surface area contributed by atoms with Gasteiger partial charge < -0.3 is 5.32 Å². The van der Waals surface area contributed by atoms with Gasteiger partial charge in [-0.05, 0) is 31.1 Å². The molecule has 0 atom stereocenters. The van der Waals surface area contributed by atoms with Gasteiger partial charge in [-0.25, -0.2) is 0 Å².